The maximum atomic E-state index is 11.6. The quantitative estimate of drug-likeness (QED) is 0.756. The van der Waals surface area contributed by atoms with Crippen molar-refractivity contribution in [2.24, 2.45) is 5.92 Å². The van der Waals surface area contributed by atoms with Gasteiger partial charge < -0.3 is 10.2 Å². The second kappa shape index (κ2) is 7.71. The summed E-state index contributed by atoms with van der Waals surface area (Å²) >= 11 is 3.47. The number of hydrogen-bond acceptors (Lipinski definition) is 4. The fraction of sp³-hybridized carbons (Fsp3) is 0.300. The number of nitriles is 1. The number of anilines is 2. The number of nitrogens with one attached hydrogen (secondary N) is 1. The standard InChI is InChI=1S/C20H20BrN3O/c1-14(25)16-2-3-17(11-22)20(10-16)23-12-15-8-9-24(13-15)19-6-4-18(21)5-7-19/h2-7,10,15,23H,8-9,12-13H2,1H3. The third kappa shape index (κ3) is 4.21. The Hall–Kier alpha value is -2.32. The van der Waals surface area contributed by atoms with E-state index in [1.165, 1.54) is 12.6 Å². The van der Waals surface area contributed by atoms with Gasteiger partial charge in [0.05, 0.1) is 11.3 Å². The molecule has 0 saturated carbocycles. The van der Waals surface area contributed by atoms with Crippen molar-refractivity contribution < 1.29 is 4.79 Å². The van der Waals surface area contributed by atoms with Crippen LogP contribution < -0.4 is 10.2 Å². The van der Waals surface area contributed by atoms with Crippen LogP contribution in [-0.2, 0) is 0 Å². The van der Waals surface area contributed by atoms with Crippen molar-refractivity contribution in [3.63, 3.8) is 0 Å². The maximum Gasteiger partial charge on any atom is 0.159 e. The Labute approximate surface area is 156 Å². The van der Waals surface area contributed by atoms with Crippen LogP contribution in [0.25, 0.3) is 0 Å². The molecule has 1 aliphatic heterocycles. The highest BCUT2D eigenvalue weighted by atomic mass is 79.9. The van der Waals surface area contributed by atoms with E-state index in [9.17, 15) is 10.1 Å². The lowest BCUT2D eigenvalue weighted by atomic mass is 10.1. The number of Topliss-reactive ketones (excluding diaryl/α,β-unsaturated/α-hetero) is 1. The van der Waals surface area contributed by atoms with E-state index in [1.807, 2.05) is 0 Å². The molecule has 0 aromatic heterocycles. The summed E-state index contributed by atoms with van der Waals surface area (Å²) in [6.07, 6.45) is 1.11. The number of ketones is 1. The third-order valence-electron chi connectivity index (χ3n) is 4.61. The summed E-state index contributed by atoms with van der Waals surface area (Å²) in [6, 6.07) is 15.8. The third-order valence-corrected chi connectivity index (χ3v) is 5.13. The first kappa shape index (κ1) is 17.5. The molecule has 0 radical (unpaired) electrons. The minimum atomic E-state index is 0.00909. The van der Waals surface area contributed by atoms with Gasteiger partial charge in [0.2, 0.25) is 0 Å². The van der Waals surface area contributed by atoms with Gasteiger partial charge in [0.25, 0.3) is 0 Å². The largest absolute Gasteiger partial charge is 0.384 e. The molecule has 128 valence electrons. The normalized spacial score (nSPS) is 16.5. The van der Waals surface area contributed by atoms with E-state index in [2.05, 4.69) is 56.5 Å². The Morgan fingerprint density at radius 1 is 1.32 bits per heavy atom. The van der Waals surface area contributed by atoms with Crippen molar-refractivity contribution >= 4 is 33.1 Å². The fourth-order valence-electron chi connectivity index (χ4n) is 3.15. The van der Waals surface area contributed by atoms with Crippen molar-refractivity contribution in [1.82, 2.24) is 0 Å². The molecule has 1 saturated heterocycles. The van der Waals surface area contributed by atoms with Crippen LogP contribution in [0, 0.1) is 17.2 Å². The lowest BCUT2D eigenvalue weighted by molar-refractivity contribution is 0.101. The first-order valence-corrected chi connectivity index (χ1v) is 9.15. The molecular weight excluding hydrogens is 378 g/mol. The van der Waals surface area contributed by atoms with E-state index in [1.54, 1.807) is 18.2 Å². The van der Waals surface area contributed by atoms with Gasteiger partial charge in [0.1, 0.15) is 6.07 Å². The molecule has 0 amide bonds. The topological polar surface area (TPSA) is 56.1 Å². The van der Waals surface area contributed by atoms with Crippen LogP contribution >= 0.6 is 15.9 Å². The SMILES string of the molecule is CC(=O)c1ccc(C#N)c(NCC2CCN(c3ccc(Br)cc3)C2)c1. The van der Waals surface area contributed by atoms with Crippen molar-refractivity contribution in [3.05, 3.63) is 58.1 Å². The van der Waals surface area contributed by atoms with Gasteiger partial charge in [0.15, 0.2) is 5.78 Å². The summed E-state index contributed by atoms with van der Waals surface area (Å²) in [5.41, 5.74) is 3.19. The van der Waals surface area contributed by atoms with Crippen LogP contribution in [0.3, 0.4) is 0 Å². The van der Waals surface area contributed by atoms with E-state index in [4.69, 9.17) is 0 Å². The Morgan fingerprint density at radius 3 is 2.76 bits per heavy atom. The van der Waals surface area contributed by atoms with E-state index in [-0.39, 0.29) is 5.78 Å². The highest BCUT2D eigenvalue weighted by molar-refractivity contribution is 9.10. The fourth-order valence-corrected chi connectivity index (χ4v) is 3.41. The van der Waals surface area contributed by atoms with Crippen molar-refractivity contribution in [2.45, 2.75) is 13.3 Å². The number of carbonyl (C=O) groups excluding carboxylic acids is 1. The second-order valence-electron chi connectivity index (χ2n) is 6.39. The molecule has 2 aromatic carbocycles. The number of benzene rings is 2. The number of carbonyl (C=O) groups is 1. The molecule has 0 bridgehead atoms. The molecule has 4 nitrogen and oxygen atoms in total. The van der Waals surface area contributed by atoms with E-state index < -0.39 is 0 Å². The molecule has 1 aliphatic rings. The van der Waals surface area contributed by atoms with Gasteiger partial charge in [-0.15, -0.1) is 0 Å². The molecular formula is C20H20BrN3O. The Morgan fingerprint density at radius 2 is 2.08 bits per heavy atom. The Balaban J connectivity index is 1.63. The average molecular weight is 398 g/mol. The van der Waals surface area contributed by atoms with E-state index in [0.717, 1.165) is 36.2 Å². The molecule has 1 atom stereocenters. The Bertz CT molecular complexity index is 811. The van der Waals surface area contributed by atoms with Crippen molar-refractivity contribution in [2.75, 3.05) is 29.9 Å². The molecule has 1 heterocycles. The predicted octanol–water partition coefficient (Wildman–Crippen LogP) is 4.46. The minimum Gasteiger partial charge on any atom is -0.384 e. The van der Waals surface area contributed by atoms with Crippen LogP contribution in [-0.4, -0.2) is 25.4 Å². The van der Waals surface area contributed by atoms with Gasteiger partial charge in [-0.2, -0.15) is 5.26 Å². The zero-order valence-corrected chi connectivity index (χ0v) is 15.7. The van der Waals surface area contributed by atoms with Gasteiger partial charge in [-0.3, -0.25) is 4.79 Å². The molecule has 2 aromatic rings. The van der Waals surface area contributed by atoms with Gasteiger partial charge >= 0.3 is 0 Å². The number of hydrogen-bond donors (Lipinski definition) is 1. The summed E-state index contributed by atoms with van der Waals surface area (Å²) < 4.78 is 1.09. The number of rotatable bonds is 5. The highest BCUT2D eigenvalue weighted by Crippen LogP contribution is 2.26. The molecule has 25 heavy (non-hydrogen) atoms. The molecule has 3 rings (SSSR count). The molecule has 5 heteroatoms. The first-order chi connectivity index (χ1) is 12.1. The number of nitrogens with zero attached hydrogens (tertiary/aromatic N) is 2. The highest BCUT2D eigenvalue weighted by Gasteiger charge is 2.22. The lowest BCUT2D eigenvalue weighted by Crippen LogP contribution is -2.22. The molecule has 1 fully saturated rings. The predicted molar refractivity (Wildman–Crippen MR) is 104 cm³/mol. The van der Waals surface area contributed by atoms with Gasteiger partial charge in [-0.1, -0.05) is 15.9 Å². The summed E-state index contributed by atoms with van der Waals surface area (Å²) in [7, 11) is 0. The summed E-state index contributed by atoms with van der Waals surface area (Å²) in [4.78, 5) is 13.9. The van der Waals surface area contributed by atoms with Crippen molar-refractivity contribution in [3.8, 4) is 6.07 Å². The van der Waals surface area contributed by atoms with Gasteiger partial charge in [-0.25, -0.2) is 0 Å². The smallest absolute Gasteiger partial charge is 0.159 e. The van der Waals surface area contributed by atoms with Crippen molar-refractivity contribution in [1.29, 1.82) is 5.26 Å². The number of halogens is 1. The van der Waals surface area contributed by atoms with Gasteiger partial charge in [-0.05, 0) is 61.7 Å². The lowest BCUT2D eigenvalue weighted by Gasteiger charge is -2.19. The van der Waals surface area contributed by atoms with Crippen LogP contribution in [0.15, 0.2) is 46.9 Å². The summed E-state index contributed by atoms with van der Waals surface area (Å²) in [5, 5.41) is 12.6. The van der Waals surface area contributed by atoms with Crippen LogP contribution in [0.4, 0.5) is 11.4 Å². The van der Waals surface area contributed by atoms with E-state index >= 15 is 0 Å². The minimum absolute atomic E-state index is 0.00909. The Kier molecular flexibility index (Phi) is 5.40. The van der Waals surface area contributed by atoms with Crippen LogP contribution in [0.2, 0.25) is 0 Å². The van der Waals surface area contributed by atoms with Gasteiger partial charge in [0, 0.05) is 35.4 Å². The monoisotopic (exact) mass is 397 g/mol. The molecule has 0 aliphatic carbocycles. The average Bonchev–Trinajstić information content (AvgIpc) is 3.09. The molecule has 0 spiro atoms. The first-order valence-electron chi connectivity index (χ1n) is 8.36. The summed E-state index contributed by atoms with van der Waals surface area (Å²) in [5.74, 6) is 0.519. The second-order valence-corrected chi connectivity index (χ2v) is 7.30. The van der Waals surface area contributed by atoms with Crippen LogP contribution in [0.5, 0.6) is 0 Å². The van der Waals surface area contributed by atoms with E-state index in [0.29, 0.717) is 17.0 Å². The molecule has 1 N–H and O–H groups in total. The molecule has 1 unspecified atom stereocenters. The van der Waals surface area contributed by atoms with Crippen LogP contribution in [0.1, 0.15) is 29.3 Å². The summed E-state index contributed by atoms with van der Waals surface area (Å²) in [6.45, 7) is 4.36. The zero-order valence-electron chi connectivity index (χ0n) is 14.1. The zero-order chi connectivity index (χ0) is 17.8. The maximum absolute atomic E-state index is 11.6.